The Balaban J connectivity index is 1.26. The largest absolute Gasteiger partial charge is 0.494 e. The van der Waals surface area contributed by atoms with Gasteiger partial charge < -0.3 is 24.6 Å². The minimum Gasteiger partial charge on any atom is -0.494 e. The number of ether oxygens (including phenoxy) is 2. The molecule has 1 saturated heterocycles. The molecule has 1 N–H and O–H groups in total. The number of amides is 1. The first-order chi connectivity index (χ1) is 19.9. The number of nitrogens with one attached hydrogen (secondary N) is 1. The highest BCUT2D eigenvalue weighted by Gasteiger charge is 2.21. The van der Waals surface area contributed by atoms with Crippen LogP contribution in [-0.4, -0.2) is 74.0 Å². The van der Waals surface area contributed by atoms with Gasteiger partial charge in [-0.2, -0.15) is 0 Å². The van der Waals surface area contributed by atoms with E-state index in [-0.39, 0.29) is 5.91 Å². The molecule has 1 amide bonds. The normalized spacial score (nSPS) is 13.4. The predicted octanol–water partition coefficient (Wildman–Crippen LogP) is 3.99. The van der Waals surface area contributed by atoms with Gasteiger partial charge in [-0.3, -0.25) is 4.79 Å². The number of rotatable bonds is 7. The third kappa shape index (κ3) is 5.07. The second-order valence-electron chi connectivity index (χ2n) is 9.68. The Morgan fingerprint density at radius 1 is 1.02 bits per heavy atom. The van der Waals surface area contributed by atoms with Crippen LogP contribution in [0, 0.1) is 6.92 Å². The molecule has 208 valence electrons. The summed E-state index contributed by atoms with van der Waals surface area (Å²) in [6, 6.07) is 13.3. The Morgan fingerprint density at radius 3 is 2.63 bits per heavy atom. The maximum absolute atomic E-state index is 12.0. The number of hydrogen-bond donors (Lipinski definition) is 1. The highest BCUT2D eigenvalue weighted by Crippen LogP contribution is 2.37. The second kappa shape index (κ2) is 10.7. The molecule has 12 heteroatoms. The average molecular weight is 552 g/mol. The Labute approximate surface area is 236 Å². The fourth-order valence-corrected chi connectivity index (χ4v) is 4.87. The van der Waals surface area contributed by atoms with Crippen molar-refractivity contribution in [1.82, 2.24) is 34.8 Å². The van der Waals surface area contributed by atoms with E-state index >= 15 is 0 Å². The maximum atomic E-state index is 12.0. The number of nitrogens with zero attached hydrogens (tertiary/aromatic N) is 8. The molecule has 3 aromatic heterocycles. The molecule has 4 heterocycles. The number of aryl methyl sites for hydroxylation is 2. The number of hydrogen-bond acceptors (Lipinski definition) is 10. The molecule has 0 unspecified atom stereocenters. The molecule has 2 aromatic carbocycles. The van der Waals surface area contributed by atoms with E-state index in [1.807, 2.05) is 56.4 Å². The number of carbonyl (C=O) groups is 1. The SMILES string of the molecule is C=CC(=O)N1CCN(c2ccc3ncnc(Nc4cc(C)c(Oc5ccc6c(c5)nnn6C)cc4OC)c3n2)CC1. The first-order valence-electron chi connectivity index (χ1n) is 13.1. The van der Waals surface area contributed by atoms with Crippen LogP contribution in [0.25, 0.3) is 22.1 Å². The number of fused-ring (bicyclic) bond motifs is 2. The Morgan fingerprint density at radius 2 is 1.85 bits per heavy atom. The topological polar surface area (TPSA) is 123 Å². The Bertz CT molecular complexity index is 1780. The number of methoxy groups -OCH3 is 1. The zero-order valence-corrected chi connectivity index (χ0v) is 23.0. The molecule has 1 aliphatic heterocycles. The summed E-state index contributed by atoms with van der Waals surface area (Å²) in [4.78, 5) is 29.7. The van der Waals surface area contributed by atoms with Crippen LogP contribution >= 0.6 is 0 Å². The number of piperazine rings is 1. The lowest BCUT2D eigenvalue weighted by Gasteiger charge is -2.35. The predicted molar refractivity (Wildman–Crippen MR) is 156 cm³/mol. The molecule has 0 radical (unpaired) electrons. The zero-order valence-electron chi connectivity index (χ0n) is 23.0. The van der Waals surface area contributed by atoms with Crippen LogP contribution in [0.5, 0.6) is 17.2 Å². The summed E-state index contributed by atoms with van der Waals surface area (Å²) in [6.07, 6.45) is 2.86. The van der Waals surface area contributed by atoms with E-state index in [0.29, 0.717) is 66.0 Å². The molecule has 0 aliphatic carbocycles. The molecule has 6 rings (SSSR count). The fourth-order valence-electron chi connectivity index (χ4n) is 4.87. The first kappa shape index (κ1) is 26.0. The van der Waals surface area contributed by atoms with E-state index in [2.05, 4.69) is 37.1 Å². The van der Waals surface area contributed by atoms with Gasteiger partial charge in [0.1, 0.15) is 40.4 Å². The Hall–Kier alpha value is -5.26. The number of benzene rings is 2. The lowest BCUT2D eigenvalue weighted by Crippen LogP contribution is -2.48. The van der Waals surface area contributed by atoms with Gasteiger partial charge in [0, 0.05) is 45.4 Å². The van der Waals surface area contributed by atoms with Crippen molar-refractivity contribution in [2.24, 2.45) is 7.05 Å². The molecule has 41 heavy (non-hydrogen) atoms. The van der Waals surface area contributed by atoms with Gasteiger partial charge >= 0.3 is 0 Å². The highest BCUT2D eigenvalue weighted by atomic mass is 16.5. The van der Waals surface area contributed by atoms with Crippen molar-refractivity contribution in [3.8, 4) is 17.2 Å². The minimum atomic E-state index is -0.0526. The number of anilines is 3. The molecule has 5 aromatic rings. The first-order valence-corrected chi connectivity index (χ1v) is 13.1. The van der Waals surface area contributed by atoms with Gasteiger partial charge in [0.2, 0.25) is 5.91 Å². The maximum Gasteiger partial charge on any atom is 0.246 e. The molecule has 0 bridgehead atoms. The van der Waals surface area contributed by atoms with E-state index in [9.17, 15) is 4.79 Å². The number of carbonyl (C=O) groups excluding carboxylic acids is 1. The third-order valence-electron chi connectivity index (χ3n) is 7.12. The van der Waals surface area contributed by atoms with Crippen molar-refractivity contribution in [2.75, 3.05) is 43.5 Å². The van der Waals surface area contributed by atoms with Crippen LogP contribution in [0.4, 0.5) is 17.3 Å². The van der Waals surface area contributed by atoms with Gasteiger partial charge in [-0.05, 0) is 48.9 Å². The number of aromatic nitrogens is 6. The average Bonchev–Trinajstić information content (AvgIpc) is 3.37. The molecule has 0 saturated carbocycles. The van der Waals surface area contributed by atoms with Crippen molar-refractivity contribution in [3.63, 3.8) is 0 Å². The van der Waals surface area contributed by atoms with E-state index in [0.717, 1.165) is 22.4 Å². The van der Waals surface area contributed by atoms with E-state index in [1.165, 1.54) is 12.4 Å². The molecular weight excluding hydrogens is 522 g/mol. The van der Waals surface area contributed by atoms with Crippen LogP contribution in [0.1, 0.15) is 5.56 Å². The number of pyridine rings is 1. The molecule has 1 fully saturated rings. The van der Waals surface area contributed by atoms with Crippen molar-refractivity contribution in [1.29, 1.82) is 0 Å². The van der Waals surface area contributed by atoms with Crippen molar-refractivity contribution in [2.45, 2.75) is 6.92 Å². The smallest absolute Gasteiger partial charge is 0.246 e. The zero-order chi connectivity index (χ0) is 28.5. The van der Waals surface area contributed by atoms with Gasteiger partial charge in [-0.25, -0.2) is 19.6 Å². The van der Waals surface area contributed by atoms with Crippen LogP contribution in [0.3, 0.4) is 0 Å². The minimum absolute atomic E-state index is 0.0526. The summed E-state index contributed by atoms with van der Waals surface area (Å²) in [5.74, 6) is 3.18. The van der Waals surface area contributed by atoms with E-state index in [1.54, 1.807) is 16.7 Å². The summed E-state index contributed by atoms with van der Waals surface area (Å²) in [7, 11) is 3.46. The quantitative estimate of drug-likeness (QED) is 0.297. The standard InChI is InChI=1S/C29H29N9O3/c1-5-27(39)38-12-10-37(11-13-38)26-9-7-20-28(33-26)29(31-17-30-20)32-22-14-18(2)24(16-25(22)40-4)41-19-6-8-23-21(15-19)34-35-36(23)3/h5-9,14-17H,1,10-13H2,2-4H3,(H,30,31,32). The van der Waals surface area contributed by atoms with Crippen molar-refractivity contribution in [3.05, 3.63) is 67.0 Å². The molecule has 0 atom stereocenters. The lowest BCUT2D eigenvalue weighted by molar-refractivity contribution is -0.126. The van der Waals surface area contributed by atoms with E-state index in [4.69, 9.17) is 14.5 Å². The summed E-state index contributed by atoms with van der Waals surface area (Å²) >= 11 is 0. The van der Waals surface area contributed by atoms with E-state index < -0.39 is 0 Å². The van der Waals surface area contributed by atoms with Crippen molar-refractivity contribution >= 4 is 45.3 Å². The summed E-state index contributed by atoms with van der Waals surface area (Å²) in [6.45, 7) is 8.11. The van der Waals surface area contributed by atoms with Crippen LogP contribution < -0.4 is 19.7 Å². The second-order valence-corrected chi connectivity index (χ2v) is 9.68. The van der Waals surface area contributed by atoms with Gasteiger partial charge in [0.05, 0.1) is 23.8 Å². The van der Waals surface area contributed by atoms with Crippen LogP contribution in [0.15, 0.2) is 61.4 Å². The van der Waals surface area contributed by atoms with Gasteiger partial charge in [-0.15, -0.1) is 5.10 Å². The van der Waals surface area contributed by atoms with Crippen LogP contribution in [-0.2, 0) is 11.8 Å². The van der Waals surface area contributed by atoms with Crippen LogP contribution in [0.2, 0.25) is 0 Å². The monoisotopic (exact) mass is 551 g/mol. The highest BCUT2D eigenvalue weighted by molar-refractivity contribution is 5.89. The lowest BCUT2D eigenvalue weighted by atomic mass is 10.1. The van der Waals surface area contributed by atoms with Gasteiger partial charge in [0.15, 0.2) is 5.82 Å². The molecule has 1 aliphatic rings. The van der Waals surface area contributed by atoms with Gasteiger partial charge in [0.25, 0.3) is 0 Å². The summed E-state index contributed by atoms with van der Waals surface area (Å²) in [5.41, 5.74) is 4.62. The Kier molecular flexibility index (Phi) is 6.79. The summed E-state index contributed by atoms with van der Waals surface area (Å²) < 4.78 is 13.6. The fraction of sp³-hybridized carbons (Fsp3) is 0.241. The molecule has 12 nitrogen and oxygen atoms in total. The van der Waals surface area contributed by atoms with Crippen molar-refractivity contribution < 1.29 is 14.3 Å². The van der Waals surface area contributed by atoms with Gasteiger partial charge in [-0.1, -0.05) is 11.8 Å². The third-order valence-corrected chi connectivity index (χ3v) is 7.12. The molecular formula is C29H29N9O3. The summed E-state index contributed by atoms with van der Waals surface area (Å²) in [5, 5.41) is 11.6. The molecule has 0 spiro atoms.